The molecule has 69 valence electrons. The van der Waals surface area contributed by atoms with Crippen LogP contribution < -0.4 is 0 Å². The summed E-state index contributed by atoms with van der Waals surface area (Å²) in [6.07, 6.45) is 0. The number of rotatable bonds is 0. The molecule has 0 aromatic rings. The third-order valence-corrected chi connectivity index (χ3v) is 0. The van der Waals surface area contributed by atoms with E-state index >= 15 is 0 Å². The molecule has 1 nitrogen and oxygen atoms in total. The predicted molar refractivity (Wildman–Crippen MR) is 54.7 cm³/mol. The average molecular weight is 250 g/mol. The van der Waals surface area contributed by atoms with E-state index in [4.69, 9.17) is 24.3 Å². The van der Waals surface area contributed by atoms with Crippen molar-refractivity contribution in [1.29, 1.82) is 0 Å². The van der Waals surface area contributed by atoms with Gasteiger partial charge in [-0.05, 0) is 0 Å². The van der Waals surface area contributed by atoms with Crippen molar-refractivity contribution in [3.05, 3.63) is 5.73 Å². The summed E-state index contributed by atoms with van der Waals surface area (Å²) in [4.78, 5) is 0. The molecule has 0 heterocycles. The number of nitrogens with one attached hydrogen (secondary N) is 1. The van der Waals surface area contributed by atoms with Crippen molar-refractivity contribution in [3.63, 3.8) is 0 Å². The Morgan fingerprint density at radius 2 is 1.18 bits per heavy atom. The normalized spacial score (nSPS) is 8.36. The molecular weight excluding hydrogens is 233 g/mol. The van der Waals surface area contributed by atoms with E-state index in [1.807, 2.05) is 20.8 Å². The van der Waals surface area contributed by atoms with Gasteiger partial charge in [-0.15, -0.1) is 5.54 Å². The van der Waals surface area contributed by atoms with Crippen LogP contribution in [0.25, 0.3) is 5.73 Å². The van der Waals surface area contributed by atoms with Crippen molar-refractivity contribution in [2.24, 2.45) is 0 Å². The Morgan fingerprint density at radius 3 is 1.18 bits per heavy atom. The van der Waals surface area contributed by atoms with Crippen LogP contribution >= 0.6 is 18.6 Å². The molecule has 0 unspecified atom stereocenters. The summed E-state index contributed by atoms with van der Waals surface area (Å²) < 4.78 is 0. The van der Waals surface area contributed by atoms with Gasteiger partial charge in [-0.2, -0.15) is 0 Å². The van der Waals surface area contributed by atoms with Crippen LogP contribution in [0, 0.1) is 0 Å². The fourth-order valence-corrected chi connectivity index (χ4v) is 0. The van der Waals surface area contributed by atoms with E-state index in [-0.39, 0.29) is 5.54 Å². The summed E-state index contributed by atoms with van der Waals surface area (Å²) in [7, 11) is 10.5. The molecule has 0 aliphatic carbocycles. The molecule has 0 fully saturated rings. The van der Waals surface area contributed by atoms with Gasteiger partial charge in [0.25, 0.3) is 0 Å². The molecule has 0 atom stereocenters. The van der Waals surface area contributed by atoms with Crippen LogP contribution in [0.2, 0.25) is 13.1 Å². The third-order valence-electron chi connectivity index (χ3n) is 0. The second kappa shape index (κ2) is 14.0. The maximum absolute atomic E-state index is 6.94. The fourth-order valence-electron chi connectivity index (χ4n) is 0. The van der Waals surface area contributed by atoms with Crippen LogP contribution in [0.3, 0.4) is 0 Å². The fraction of sp³-hybridized carbons (Fsp3) is 1.00. The minimum atomic E-state index is -0.556. The van der Waals surface area contributed by atoms with Gasteiger partial charge in [0.05, 0.1) is 0 Å². The van der Waals surface area contributed by atoms with Gasteiger partial charge >= 0.3 is 35.6 Å². The van der Waals surface area contributed by atoms with Crippen LogP contribution in [-0.2, 0) is 17.0 Å². The second-order valence-corrected chi connectivity index (χ2v) is 6.63. The summed E-state index contributed by atoms with van der Waals surface area (Å²) >= 11 is -0.556. The van der Waals surface area contributed by atoms with Gasteiger partial charge in [-0.3, -0.25) is 0 Å². The first kappa shape index (κ1) is 18.3. The molecule has 0 aliphatic rings. The zero-order valence-electron chi connectivity index (χ0n) is 7.83. The van der Waals surface area contributed by atoms with Crippen molar-refractivity contribution >= 4 is 28.1 Å². The Hall–Kier alpha value is 1.47. The Labute approximate surface area is 89.9 Å². The third kappa shape index (κ3) is 475. The van der Waals surface area contributed by atoms with Crippen LogP contribution in [0.4, 0.5) is 0 Å². The molecule has 0 bridgehead atoms. The summed E-state index contributed by atoms with van der Waals surface area (Å²) in [5.74, 6) is 0. The molecule has 0 saturated heterocycles. The zero-order chi connectivity index (χ0) is 9.91. The van der Waals surface area contributed by atoms with E-state index < -0.39 is 17.0 Å². The van der Waals surface area contributed by atoms with Gasteiger partial charge in [0, 0.05) is 9.52 Å². The SMILES string of the molecule is CC(C)(C)[NH-].C[SiH]C.[Cl][Ti][Cl]. The van der Waals surface area contributed by atoms with Crippen molar-refractivity contribution in [1.82, 2.24) is 0 Å². The molecular formula is C6H17Cl2NSiTi-. The van der Waals surface area contributed by atoms with E-state index in [1.54, 1.807) is 0 Å². The van der Waals surface area contributed by atoms with E-state index in [9.17, 15) is 0 Å². The average Bonchev–Trinajstić information content (AvgIpc) is 1.62. The van der Waals surface area contributed by atoms with Crippen LogP contribution in [0.15, 0.2) is 0 Å². The first-order chi connectivity index (χ1) is 4.83. The molecule has 0 aromatic heterocycles. The van der Waals surface area contributed by atoms with E-state index in [0.717, 1.165) is 9.52 Å². The van der Waals surface area contributed by atoms with Gasteiger partial charge in [-0.25, -0.2) is 0 Å². The standard InChI is InChI=1S/C4H10N.C2H7Si.2ClH.Ti/c1-4(2,3)5;1-3-2;;;/h5H,1-3H3;3H,1-2H3;2*1H;/q-1;;;;+2/p-2. The van der Waals surface area contributed by atoms with Crippen LogP contribution in [0.1, 0.15) is 20.8 Å². The molecule has 0 aliphatic heterocycles. The Balaban J connectivity index is -0.0000000933. The van der Waals surface area contributed by atoms with Gasteiger partial charge in [0.2, 0.25) is 0 Å². The molecule has 0 amide bonds. The second-order valence-electron chi connectivity index (χ2n) is 2.90. The molecule has 0 spiro atoms. The molecule has 0 saturated carbocycles. The summed E-state index contributed by atoms with van der Waals surface area (Å²) in [5.41, 5.74) is 6.69. The van der Waals surface area contributed by atoms with Crippen molar-refractivity contribution in [3.8, 4) is 0 Å². The molecule has 0 rings (SSSR count). The quantitative estimate of drug-likeness (QED) is 0.585. The summed E-state index contributed by atoms with van der Waals surface area (Å²) in [5, 5.41) is 0. The molecule has 1 radical (unpaired) electrons. The Kier molecular flexibility index (Phi) is 23.3. The van der Waals surface area contributed by atoms with E-state index in [2.05, 4.69) is 13.1 Å². The first-order valence-electron chi connectivity index (χ1n) is 3.28. The molecule has 1 N–H and O–H groups in total. The van der Waals surface area contributed by atoms with Gasteiger partial charge in [-0.1, -0.05) is 33.9 Å². The zero-order valence-corrected chi connectivity index (χ0v) is 12.1. The maximum atomic E-state index is 6.94. The van der Waals surface area contributed by atoms with E-state index in [0.29, 0.717) is 0 Å². The minimum absolute atomic E-state index is 0.250. The summed E-state index contributed by atoms with van der Waals surface area (Å²) in [6.45, 7) is 9.98. The van der Waals surface area contributed by atoms with E-state index in [1.165, 1.54) is 0 Å². The summed E-state index contributed by atoms with van der Waals surface area (Å²) in [6, 6.07) is 0. The van der Waals surface area contributed by atoms with Crippen LogP contribution in [0.5, 0.6) is 0 Å². The molecule has 11 heavy (non-hydrogen) atoms. The number of halogens is 2. The monoisotopic (exact) mass is 249 g/mol. The topological polar surface area (TPSA) is 23.8 Å². The van der Waals surface area contributed by atoms with Crippen LogP contribution in [-0.4, -0.2) is 15.1 Å². The molecule has 5 heteroatoms. The number of hydrogen-bond donors (Lipinski definition) is 0. The van der Waals surface area contributed by atoms with Gasteiger partial charge in [0.1, 0.15) is 0 Å². The van der Waals surface area contributed by atoms with Crippen molar-refractivity contribution in [2.45, 2.75) is 39.4 Å². The van der Waals surface area contributed by atoms with Crippen molar-refractivity contribution < 1.29 is 17.0 Å². The Bertz CT molecular complexity index is 51.0. The molecule has 0 aromatic carbocycles. The predicted octanol–water partition coefficient (Wildman–Crippen LogP) is 3.73. The Morgan fingerprint density at radius 1 is 1.18 bits per heavy atom. The van der Waals surface area contributed by atoms with Crippen molar-refractivity contribution in [2.75, 3.05) is 0 Å². The van der Waals surface area contributed by atoms with Gasteiger partial charge < -0.3 is 5.73 Å². The first-order valence-corrected chi connectivity index (χ1v) is 9.89. The number of hydrogen-bond acceptors (Lipinski definition) is 0. The van der Waals surface area contributed by atoms with Gasteiger partial charge in [0.15, 0.2) is 0 Å².